The number of hydrogen-bond donors (Lipinski definition) is 3. The first-order valence-corrected chi connectivity index (χ1v) is 5.06. The van der Waals surface area contributed by atoms with Crippen molar-refractivity contribution in [1.82, 2.24) is 9.97 Å². The maximum absolute atomic E-state index is 12.9. The Bertz CT molecular complexity index is 723. The molecule has 0 spiro atoms. The molecule has 0 aliphatic carbocycles. The number of rotatable bonds is 2. The van der Waals surface area contributed by atoms with Crippen molar-refractivity contribution in [3.63, 3.8) is 0 Å². The summed E-state index contributed by atoms with van der Waals surface area (Å²) in [4.78, 5) is 37.7. The highest BCUT2D eigenvalue weighted by Crippen LogP contribution is 2.10. The molecule has 0 radical (unpaired) electrons. The summed E-state index contributed by atoms with van der Waals surface area (Å²) in [6.45, 7) is 0. The number of amides is 1. The minimum Gasteiger partial charge on any atom is -0.308 e. The zero-order chi connectivity index (χ0) is 14.0. The van der Waals surface area contributed by atoms with E-state index in [-0.39, 0.29) is 11.4 Å². The highest BCUT2D eigenvalue weighted by molar-refractivity contribution is 6.03. The zero-order valence-electron chi connectivity index (χ0n) is 9.29. The van der Waals surface area contributed by atoms with Gasteiger partial charge in [-0.25, -0.2) is 13.6 Å². The first kappa shape index (κ1) is 12.7. The number of H-pyrrole nitrogens is 2. The Labute approximate surface area is 104 Å². The second kappa shape index (κ2) is 4.84. The molecule has 0 saturated heterocycles. The van der Waals surface area contributed by atoms with Crippen LogP contribution in [0.3, 0.4) is 0 Å². The monoisotopic (exact) mass is 267 g/mol. The Balaban J connectivity index is 2.27. The molecule has 0 fully saturated rings. The number of nitrogens with one attached hydrogen (secondary N) is 3. The first-order valence-electron chi connectivity index (χ1n) is 5.06. The number of hydrogen-bond acceptors (Lipinski definition) is 3. The van der Waals surface area contributed by atoms with Gasteiger partial charge < -0.3 is 5.32 Å². The number of carbonyl (C=O) groups excluding carboxylic acids is 1. The van der Waals surface area contributed by atoms with Crippen molar-refractivity contribution in [3.05, 3.63) is 62.3 Å². The van der Waals surface area contributed by atoms with Crippen molar-refractivity contribution in [3.8, 4) is 0 Å². The Morgan fingerprint density at radius 3 is 2.42 bits per heavy atom. The summed E-state index contributed by atoms with van der Waals surface area (Å²) in [6.07, 6.45) is 0. The van der Waals surface area contributed by atoms with E-state index in [4.69, 9.17) is 0 Å². The summed E-state index contributed by atoms with van der Waals surface area (Å²) in [5.41, 5.74) is -1.66. The first-order chi connectivity index (χ1) is 8.95. The van der Waals surface area contributed by atoms with E-state index in [0.29, 0.717) is 6.07 Å². The molecule has 0 aliphatic rings. The van der Waals surface area contributed by atoms with Crippen LogP contribution in [0.2, 0.25) is 0 Å². The fourth-order valence-corrected chi connectivity index (χ4v) is 1.37. The van der Waals surface area contributed by atoms with Gasteiger partial charge in [-0.05, 0) is 18.2 Å². The van der Waals surface area contributed by atoms with Crippen molar-refractivity contribution < 1.29 is 13.6 Å². The van der Waals surface area contributed by atoms with E-state index < -0.39 is 28.8 Å². The third kappa shape index (κ3) is 2.92. The quantitative estimate of drug-likeness (QED) is 0.743. The van der Waals surface area contributed by atoms with Crippen molar-refractivity contribution in [2.75, 3.05) is 5.32 Å². The Kier molecular flexibility index (Phi) is 3.23. The molecular weight excluding hydrogens is 260 g/mol. The van der Waals surface area contributed by atoms with Gasteiger partial charge in [-0.15, -0.1) is 0 Å². The molecule has 8 heteroatoms. The van der Waals surface area contributed by atoms with Gasteiger partial charge in [-0.1, -0.05) is 0 Å². The highest BCUT2D eigenvalue weighted by Gasteiger charge is 2.10. The lowest BCUT2D eigenvalue weighted by molar-refractivity contribution is 0.102. The summed E-state index contributed by atoms with van der Waals surface area (Å²) in [5, 5.41) is 2.18. The summed E-state index contributed by atoms with van der Waals surface area (Å²) in [7, 11) is 0. The molecule has 1 aromatic carbocycles. The van der Waals surface area contributed by atoms with Crippen LogP contribution in [-0.4, -0.2) is 15.9 Å². The molecule has 6 nitrogen and oxygen atoms in total. The number of halogens is 2. The predicted molar refractivity (Wildman–Crippen MR) is 62.0 cm³/mol. The molecule has 1 amide bonds. The molecule has 2 aromatic rings. The standard InChI is InChI=1S/C11H7F2N3O3/c12-6-2-1-5(3-7(6)13)10(18)14-8-4-9(17)16-11(19)15-8/h1-4H,(H3,14,15,16,17,18,19). The Hall–Kier alpha value is -2.77. The summed E-state index contributed by atoms with van der Waals surface area (Å²) < 4.78 is 25.6. The van der Waals surface area contributed by atoms with Crippen molar-refractivity contribution in [2.45, 2.75) is 0 Å². The van der Waals surface area contributed by atoms with E-state index in [2.05, 4.69) is 10.3 Å². The van der Waals surface area contributed by atoms with Crippen LogP contribution in [0.5, 0.6) is 0 Å². The fourth-order valence-electron chi connectivity index (χ4n) is 1.37. The number of benzene rings is 1. The average molecular weight is 267 g/mol. The van der Waals surface area contributed by atoms with Crippen LogP contribution in [0.25, 0.3) is 0 Å². The Morgan fingerprint density at radius 2 is 1.79 bits per heavy atom. The molecule has 19 heavy (non-hydrogen) atoms. The predicted octanol–water partition coefficient (Wildman–Crippen LogP) is 0.594. The van der Waals surface area contributed by atoms with Gasteiger partial charge in [-0.2, -0.15) is 0 Å². The maximum atomic E-state index is 12.9. The minimum absolute atomic E-state index is 0.150. The van der Waals surface area contributed by atoms with Crippen LogP contribution in [0.1, 0.15) is 10.4 Å². The second-order valence-corrected chi connectivity index (χ2v) is 3.58. The van der Waals surface area contributed by atoms with Gasteiger partial charge in [0.15, 0.2) is 11.6 Å². The topological polar surface area (TPSA) is 94.8 Å². The van der Waals surface area contributed by atoms with Gasteiger partial charge in [0.25, 0.3) is 11.5 Å². The summed E-state index contributed by atoms with van der Waals surface area (Å²) >= 11 is 0. The molecule has 0 unspecified atom stereocenters. The lowest BCUT2D eigenvalue weighted by Crippen LogP contribution is -2.24. The van der Waals surface area contributed by atoms with Crippen LogP contribution in [0.4, 0.5) is 14.6 Å². The van der Waals surface area contributed by atoms with Crippen molar-refractivity contribution >= 4 is 11.7 Å². The molecule has 1 aromatic heterocycles. The van der Waals surface area contributed by atoms with E-state index in [1.165, 1.54) is 0 Å². The van der Waals surface area contributed by atoms with Gasteiger partial charge in [0.2, 0.25) is 0 Å². The van der Waals surface area contributed by atoms with Gasteiger partial charge in [0, 0.05) is 11.6 Å². The number of aromatic amines is 2. The van der Waals surface area contributed by atoms with Gasteiger partial charge >= 0.3 is 5.69 Å². The smallest absolute Gasteiger partial charge is 0.308 e. The molecule has 0 bridgehead atoms. The second-order valence-electron chi connectivity index (χ2n) is 3.58. The number of carbonyl (C=O) groups is 1. The molecule has 1 heterocycles. The highest BCUT2D eigenvalue weighted by atomic mass is 19.2. The number of aromatic nitrogens is 2. The number of anilines is 1. The Morgan fingerprint density at radius 1 is 1.05 bits per heavy atom. The molecule has 2 rings (SSSR count). The minimum atomic E-state index is -1.17. The molecular formula is C11H7F2N3O3. The normalized spacial score (nSPS) is 10.2. The largest absolute Gasteiger partial charge is 0.327 e. The van der Waals surface area contributed by atoms with Crippen molar-refractivity contribution in [2.24, 2.45) is 0 Å². The van der Waals surface area contributed by atoms with Crippen molar-refractivity contribution in [1.29, 1.82) is 0 Å². The van der Waals surface area contributed by atoms with Gasteiger partial charge in [0.05, 0.1) is 0 Å². The van der Waals surface area contributed by atoms with Crippen LogP contribution in [0.15, 0.2) is 33.9 Å². The molecule has 0 atom stereocenters. The van der Waals surface area contributed by atoms with E-state index in [1.54, 1.807) is 0 Å². The fraction of sp³-hybridized carbons (Fsp3) is 0. The lowest BCUT2D eigenvalue weighted by Gasteiger charge is -2.04. The van der Waals surface area contributed by atoms with Gasteiger partial charge in [0.1, 0.15) is 5.82 Å². The molecule has 0 aliphatic heterocycles. The van der Waals surface area contributed by atoms with E-state index >= 15 is 0 Å². The van der Waals surface area contributed by atoms with Gasteiger partial charge in [-0.3, -0.25) is 19.6 Å². The summed E-state index contributed by atoms with van der Waals surface area (Å²) in [5.74, 6) is -3.20. The third-order valence-corrected chi connectivity index (χ3v) is 2.19. The van der Waals surface area contributed by atoms with Crippen LogP contribution >= 0.6 is 0 Å². The third-order valence-electron chi connectivity index (χ3n) is 2.19. The summed E-state index contributed by atoms with van der Waals surface area (Å²) in [6, 6.07) is 3.51. The van der Waals surface area contributed by atoms with E-state index in [0.717, 1.165) is 18.2 Å². The molecule has 98 valence electrons. The van der Waals surface area contributed by atoms with Crippen LogP contribution in [0, 0.1) is 11.6 Å². The van der Waals surface area contributed by atoms with E-state index in [9.17, 15) is 23.2 Å². The maximum Gasteiger partial charge on any atom is 0.327 e. The van der Waals surface area contributed by atoms with Crippen LogP contribution in [-0.2, 0) is 0 Å². The van der Waals surface area contributed by atoms with Crippen LogP contribution < -0.4 is 16.6 Å². The van der Waals surface area contributed by atoms with E-state index in [1.807, 2.05) is 4.98 Å². The molecule has 0 saturated carbocycles. The average Bonchev–Trinajstić information content (AvgIpc) is 2.31. The SMILES string of the molecule is O=C(Nc1cc(=O)[nH]c(=O)[nH]1)c1ccc(F)c(F)c1. The molecule has 3 N–H and O–H groups in total. The zero-order valence-corrected chi connectivity index (χ0v) is 9.29. The lowest BCUT2D eigenvalue weighted by atomic mass is 10.2.